The molecule has 2 heterocycles. The zero-order valence-corrected chi connectivity index (χ0v) is 23.3. The normalized spacial score (nSPS) is 19.7. The number of thioether (sulfide) groups is 1. The third kappa shape index (κ3) is 7.42. The number of carbonyl (C=O) groups excluding carboxylic acids is 3. The number of hydrogen-bond donors (Lipinski definition) is 1. The Hall–Kier alpha value is -4.39. The molecule has 13 heteroatoms. The first kappa shape index (κ1) is 29.6. The largest absolute Gasteiger partial charge is 0.497 e. The average Bonchev–Trinajstić information content (AvgIpc) is 3.26. The van der Waals surface area contributed by atoms with E-state index in [1.807, 2.05) is 0 Å². The number of carbonyl (C=O) groups is 3. The van der Waals surface area contributed by atoms with Gasteiger partial charge in [0.05, 0.1) is 35.8 Å². The first-order valence-electron chi connectivity index (χ1n) is 12.5. The van der Waals surface area contributed by atoms with Crippen LogP contribution in [0.1, 0.15) is 27.6 Å². The van der Waals surface area contributed by atoms with Gasteiger partial charge in [-0.15, -0.1) is 11.8 Å². The van der Waals surface area contributed by atoms with Crippen LogP contribution in [0.25, 0.3) is 0 Å². The van der Waals surface area contributed by atoms with E-state index >= 15 is 4.39 Å². The maximum Gasteiger partial charge on any atom is 0.349 e. The smallest absolute Gasteiger partial charge is 0.349 e. The van der Waals surface area contributed by atoms with Gasteiger partial charge in [-0.25, -0.2) is 18.8 Å². The molecule has 0 radical (unpaired) electrons. The minimum Gasteiger partial charge on any atom is -0.497 e. The Labute approximate surface area is 239 Å². The fourth-order valence-corrected chi connectivity index (χ4v) is 5.62. The summed E-state index contributed by atoms with van der Waals surface area (Å²) >= 11 is 1.11. The molecule has 1 aliphatic rings. The first-order chi connectivity index (χ1) is 19.7. The predicted octanol–water partition coefficient (Wildman–Crippen LogP) is 3.12. The van der Waals surface area contributed by atoms with Crippen LogP contribution in [0.15, 0.2) is 65.6 Å². The Morgan fingerprint density at radius 2 is 1.51 bits per heavy atom. The molecule has 1 saturated heterocycles. The predicted molar refractivity (Wildman–Crippen MR) is 148 cm³/mol. The van der Waals surface area contributed by atoms with Gasteiger partial charge in [0.25, 0.3) is 0 Å². The lowest BCUT2D eigenvalue weighted by Crippen LogP contribution is -2.38. The summed E-state index contributed by atoms with van der Waals surface area (Å²) in [6.07, 6.45) is -1.58. The van der Waals surface area contributed by atoms with E-state index in [0.29, 0.717) is 11.5 Å². The van der Waals surface area contributed by atoms with Crippen molar-refractivity contribution in [1.82, 2.24) is 9.55 Å². The summed E-state index contributed by atoms with van der Waals surface area (Å²) in [5, 5.41) is 0.821. The van der Waals surface area contributed by atoms with Crippen molar-refractivity contribution in [3.8, 4) is 11.5 Å². The number of amides is 1. The van der Waals surface area contributed by atoms with Crippen LogP contribution in [-0.2, 0) is 20.8 Å². The van der Waals surface area contributed by atoms with Crippen LogP contribution in [0.3, 0.4) is 0 Å². The minimum absolute atomic E-state index is 0.0734. The fraction of sp³-hybridized carbons (Fsp3) is 0.321. The van der Waals surface area contributed by atoms with Gasteiger partial charge in [0.15, 0.2) is 6.17 Å². The van der Waals surface area contributed by atoms with Crippen molar-refractivity contribution in [3.05, 3.63) is 82.4 Å². The number of hydrogen-bond acceptors (Lipinski definition) is 10. The van der Waals surface area contributed by atoms with Crippen LogP contribution in [0, 0.1) is 0 Å². The van der Waals surface area contributed by atoms with Crippen molar-refractivity contribution in [1.29, 1.82) is 0 Å². The summed E-state index contributed by atoms with van der Waals surface area (Å²) in [4.78, 5) is 53.1. The van der Waals surface area contributed by atoms with Crippen LogP contribution in [0.5, 0.6) is 11.5 Å². The summed E-state index contributed by atoms with van der Waals surface area (Å²) in [5.41, 5.74) is -0.231. The van der Waals surface area contributed by atoms with E-state index < -0.39 is 46.3 Å². The maximum absolute atomic E-state index is 15.8. The molecule has 216 valence electrons. The van der Waals surface area contributed by atoms with E-state index in [-0.39, 0.29) is 30.1 Å². The Kier molecular flexibility index (Phi) is 9.61. The molecular weight excluding hydrogens is 557 g/mol. The molecule has 2 aromatic carbocycles. The van der Waals surface area contributed by atoms with E-state index in [1.54, 1.807) is 24.3 Å². The molecule has 0 bridgehead atoms. The van der Waals surface area contributed by atoms with Crippen LogP contribution >= 0.6 is 11.8 Å². The molecule has 3 aromatic rings. The van der Waals surface area contributed by atoms with Crippen molar-refractivity contribution in [2.24, 2.45) is 0 Å². The summed E-state index contributed by atoms with van der Waals surface area (Å²) in [6, 6.07) is 13.9. The third-order valence-corrected chi connectivity index (χ3v) is 7.73. The lowest BCUT2D eigenvalue weighted by atomic mass is 10.1. The molecule has 0 saturated carbocycles. The van der Waals surface area contributed by atoms with Crippen LogP contribution < -0.4 is 20.5 Å². The summed E-state index contributed by atoms with van der Waals surface area (Å²) in [6.45, 7) is 0.935. The summed E-state index contributed by atoms with van der Waals surface area (Å²) < 4.78 is 38.3. The third-order valence-electron chi connectivity index (χ3n) is 6.21. The molecule has 4 rings (SSSR count). The molecule has 0 unspecified atom stereocenters. The highest BCUT2D eigenvalue weighted by molar-refractivity contribution is 8.00. The second kappa shape index (κ2) is 13.3. The molecule has 41 heavy (non-hydrogen) atoms. The van der Waals surface area contributed by atoms with Crippen LogP contribution in [0.4, 0.5) is 10.2 Å². The van der Waals surface area contributed by atoms with E-state index in [1.165, 1.54) is 62.2 Å². The molecule has 0 aliphatic carbocycles. The minimum atomic E-state index is -1.70. The Bertz CT molecular complexity index is 1450. The van der Waals surface area contributed by atoms with E-state index in [0.717, 1.165) is 11.8 Å². The first-order valence-corrected chi connectivity index (χ1v) is 13.4. The second-order valence-corrected chi connectivity index (χ2v) is 10.5. The number of anilines is 1. The lowest BCUT2D eigenvalue weighted by molar-refractivity contribution is -0.114. The highest BCUT2D eigenvalue weighted by Crippen LogP contribution is 2.39. The van der Waals surface area contributed by atoms with Crippen molar-refractivity contribution in [3.63, 3.8) is 0 Å². The lowest BCUT2D eigenvalue weighted by Gasteiger charge is -2.21. The Balaban J connectivity index is 1.50. The standard InChI is InChI=1S/C28H28FN3O8S/c1-16(33)30-23-12-13-32(28(36)31-23)14-21-24(29)25(40-27(35)18-6-10-20(38-3)11-7-18)22(41-21)15-39-26(34)17-4-8-19(37-2)9-5-17/h4-13,21-22,24-25H,14-15H2,1-3H3,(H,30,31,33,36)/t21-,22+,24+,25+/m0/s1. The molecule has 1 aromatic heterocycles. The van der Waals surface area contributed by atoms with Gasteiger partial charge < -0.3 is 24.3 Å². The molecule has 1 fully saturated rings. The molecule has 0 spiro atoms. The average molecular weight is 586 g/mol. The molecule has 4 atom stereocenters. The Morgan fingerprint density at radius 3 is 2.05 bits per heavy atom. The van der Waals surface area contributed by atoms with Gasteiger partial charge in [0, 0.05) is 19.7 Å². The van der Waals surface area contributed by atoms with Crippen LogP contribution in [-0.4, -0.2) is 71.0 Å². The highest BCUT2D eigenvalue weighted by atomic mass is 32.2. The number of nitrogens with one attached hydrogen (secondary N) is 1. The monoisotopic (exact) mass is 585 g/mol. The molecule has 1 amide bonds. The number of rotatable bonds is 10. The van der Waals surface area contributed by atoms with E-state index in [4.69, 9.17) is 18.9 Å². The number of nitrogens with zero attached hydrogens (tertiary/aromatic N) is 2. The topological polar surface area (TPSA) is 135 Å². The van der Waals surface area contributed by atoms with E-state index in [2.05, 4.69) is 10.3 Å². The van der Waals surface area contributed by atoms with Gasteiger partial charge in [-0.05, 0) is 54.6 Å². The Morgan fingerprint density at radius 1 is 0.927 bits per heavy atom. The van der Waals surface area contributed by atoms with Crippen molar-refractivity contribution >= 4 is 35.4 Å². The number of esters is 2. The van der Waals surface area contributed by atoms with E-state index in [9.17, 15) is 19.2 Å². The van der Waals surface area contributed by atoms with Gasteiger partial charge in [-0.2, -0.15) is 4.98 Å². The summed E-state index contributed by atoms with van der Waals surface area (Å²) in [5.74, 6) is -0.611. The number of ether oxygens (including phenoxy) is 4. The van der Waals surface area contributed by atoms with Crippen molar-refractivity contribution < 1.29 is 37.7 Å². The molecule has 1 N–H and O–H groups in total. The number of halogens is 1. The molecule has 1 aliphatic heterocycles. The summed E-state index contributed by atoms with van der Waals surface area (Å²) in [7, 11) is 2.99. The number of methoxy groups -OCH3 is 2. The molecular formula is C28H28FN3O8S. The maximum atomic E-state index is 15.8. The molecule has 11 nitrogen and oxygen atoms in total. The van der Waals surface area contributed by atoms with Gasteiger partial charge in [-0.3, -0.25) is 9.36 Å². The number of benzene rings is 2. The zero-order valence-electron chi connectivity index (χ0n) is 22.4. The van der Waals surface area contributed by atoms with Gasteiger partial charge in [-0.1, -0.05) is 0 Å². The quantitative estimate of drug-likeness (QED) is 0.354. The number of alkyl halides is 1. The SMILES string of the molecule is COc1ccc(C(=O)OC[C@H]2S[C@@H](Cn3ccc(NC(C)=O)nc3=O)[C@@H](F)[C@@H]2OC(=O)c2ccc(OC)cc2)cc1. The van der Waals surface area contributed by atoms with Gasteiger partial charge in [0.1, 0.15) is 30.0 Å². The fourth-order valence-electron chi connectivity index (χ4n) is 4.11. The van der Waals surface area contributed by atoms with Gasteiger partial charge >= 0.3 is 17.6 Å². The van der Waals surface area contributed by atoms with Gasteiger partial charge in [0.2, 0.25) is 5.91 Å². The van der Waals surface area contributed by atoms with Crippen molar-refractivity contribution in [2.45, 2.75) is 36.2 Å². The van der Waals surface area contributed by atoms with Crippen molar-refractivity contribution in [2.75, 3.05) is 26.1 Å². The number of aromatic nitrogens is 2. The zero-order chi connectivity index (χ0) is 29.5. The second-order valence-electron chi connectivity index (χ2n) is 9.01. The van der Waals surface area contributed by atoms with Crippen LogP contribution in [0.2, 0.25) is 0 Å². The highest BCUT2D eigenvalue weighted by Gasteiger charge is 2.48.